The number of H-pyrrole nitrogens is 1. The lowest BCUT2D eigenvalue weighted by atomic mass is 9.99. The Morgan fingerprint density at radius 2 is 2.25 bits per heavy atom. The van der Waals surface area contributed by atoms with Crippen molar-refractivity contribution < 1.29 is 4.39 Å². The quantitative estimate of drug-likeness (QED) is 0.830. The molecule has 1 aliphatic rings. The van der Waals surface area contributed by atoms with E-state index in [1.807, 2.05) is 23.1 Å². The molecule has 0 amide bonds. The van der Waals surface area contributed by atoms with Gasteiger partial charge >= 0.3 is 0 Å². The Bertz CT molecular complexity index is 541. The molecule has 0 aliphatic carbocycles. The Kier molecular flexibility index (Phi) is 1.92. The number of nitrogens with one attached hydrogen (secondary N) is 1. The largest absolute Gasteiger partial charge is 0.348 e. The maximum absolute atomic E-state index is 13.4. The average molecular weight is 240 g/mol. The van der Waals surface area contributed by atoms with Gasteiger partial charge in [-0.3, -0.25) is 5.10 Å². The lowest BCUT2D eigenvalue weighted by Crippen LogP contribution is -2.57. The fourth-order valence-corrected chi connectivity index (χ4v) is 2.40. The summed E-state index contributed by atoms with van der Waals surface area (Å²) in [7, 11) is 0. The van der Waals surface area contributed by atoms with E-state index in [1.54, 1.807) is 6.92 Å². The van der Waals surface area contributed by atoms with Gasteiger partial charge in [0.25, 0.3) is 0 Å². The summed E-state index contributed by atoms with van der Waals surface area (Å²) in [5.41, 5.74) is -0.220. The smallest absolute Gasteiger partial charge is 0.160 e. The van der Waals surface area contributed by atoms with Gasteiger partial charge in [0.2, 0.25) is 0 Å². The van der Waals surface area contributed by atoms with Crippen LogP contribution in [0.2, 0.25) is 5.02 Å². The maximum atomic E-state index is 13.4. The van der Waals surface area contributed by atoms with E-state index >= 15 is 0 Å². The first kappa shape index (κ1) is 9.90. The van der Waals surface area contributed by atoms with Crippen molar-refractivity contribution in [3.63, 3.8) is 0 Å². The summed E-state index contributed by atoms with van der Waals surface area (Å²) in [6.45, 7) is 2.34. The first-order valence-corrected chi connectivity index (χ1v) is 5.51. The molecule has 3 rings (SSSR count). The van der Waals surface area contributed by atoms with Crippen LogP contribution in [-0.4, -0.2) is 29.0 Å². The summed E-state index contributed by atoms with van der Waals surface area (Å²) in [6.07, 6.45) is 0. The number of hydrogen-bond acceptors (Lipinski definition) is 2. The van der Waals surface area contributed by atoms with Gasteiger partial charge in [-0.15, -0.1) is 0 Å². The van der Waals surface area contributed by atoms with Gasteiger partial charge in [0.15, 0.2) is 5.82 Å². The Labute approximate surface area is 97.2 Å². The van der Waals surface area contributed by atoms with E-state index in [4.69, 9.17) is 11.6 Å². The molecule has 5 heteroatoms. The molecule has 3 nitrogen and oxygen atoms in total. The first-order valence-electron chi connectivity index (χ1n) is 5.13. The van der Waals surface area contributed by atoms with Crippen LogP contribution in [0, 0.1) is 0 Å². The van der Waals surface area contributed by atoms with Crippen LogP contribution >= 0.6 is 11.6 Å². The lowest BCUT2D eigenvalue weighted by Gasteiger charge is -2.42. The number of aromatic amines is 1. The van der Waals surface area contributed by atoms with Gasteiger partial charge in [-0.1, -0.05) is 17.7 Å². The summed E-state index contributed by atoms with van der Waals surface area (Å²) in [5, 5.41) is 8.62. The first-order chi connectivity index (χ1) is 7.57. The Hall–Kier alpha value is -1.29. The number of alkyl halides is 1. The normalized spacial score (nSPS) is 18.8. The molecule has 1 fully saturated rings. The van der Waals surface area contributed by atoms with E-state index in [-0.39, 0.29) is 0 Å². The third-order valence-electron chi connectivity index (χ3n) is 2.86. The van der Waals surface area contributed by atoms with E-state index in [0.29, 0.717) is 18.1 Å². The second kappa shape index (κ2) is 3.10. The van der Waals surface area contributed by atoms with Gasteiger partial charge in [0.05, 0.1) is 29.0 Å². The third kappa shape index (κ3) is 1.37. The predicted molar refractivity (Wildman–Crippen MR) is 62.8 cm³/mol. The highest BCUT2D eigenvalue weighted by atomic mass is 35.5. The van der Waals surface area contributed by atoms with Crippen LogP contribution in [0.25, 0.3) is 10.9 Å². The monoisotopic (exact) mass is 239 g/mol. The van der Waals surface area contributed by atoms with Gasteiger partial charge in [-0.25, -0.2) is 4.39 Å². The van der Waals surface area contributed by atoms with Crippen molar-refractivity contribution in [1.82, 2.24) is 10.2 Å². The molecule has 84 valence electrons. The minimum Gasteiger partial charge on any atom is -0.348 e. The van der Waals surface area contributed by atoms with Crippen LogP contribution < -0.4 is 4.90 Å². The van der Waals surface area contributed by atoms with Crippen molar-refractivity contribution >= 4 is 28.3 Å². The zero-order valence-corrected chi connectivity index (χ0v) is 9.55. The van der Waals surface area contributed by atoms with Crippen molar-refractivity contribution in [2.45, 2.75) is 12.6 Å². The Morgan fingerprint density at radius 3 is 2.94 bits per heavy atom. The molecule has 0 unspecified atom stereocenters. The third-order valence-corrected chi connectivity index (χ3v) is 3.18. The Balaban J connectivity index is 2.06. The molecule has 0 atom stereocenters. The average Bonchev–Trinajstić information content (AvgIpc) is 2.59. The predicted octanol–water partition coefficient (Wildman–Crippen LogP) is 2.76. The molecule has 16 heavy (non-hydrogen) atoms. The van der Waals surface area contributed by atoms with E-state index < -0.39 is 5.67 Å². The van der Waals surface area contributed by atoms with Crippen LogP contribution in [0.15, 0.2) is 18.2 Å². The van der Waals surface area contributed by atoms with Gasteiger partial charge in [-0.2, -0.15) is 5.10 Å². The topological polar surface area (TPSA) is 31.9 Å². The molecule has 0 saturated carbocycles. The highest BCUT2D eigenvalue weighted by Gasteiger charge is 2.40. The van der Waals surface area contributed by atoms with E-state index in [1.165, 1.54) is 0 Å². The molecular formula is C11H11ClFN3. The number of halogens is 2. The van der Waals surface area contributed by atoms with E-state index in [9.17, 15) is 4.39 Å². The molecule has 2 heterocycles. The van der Waals surface area contributed by atoms with Crippen LogP contribution in [0.3, 0.4) is 0 Å². The van der Waals surface area contributed by atoms with Crippen LogP contribution in [0.5, 0.6) is 0 Å². The number of aromatic nitrogens is 2. The zero-order valence-electron chi connectivity index (χ0n) is 8.80. The van der Waals surface area contributed by atoms with Gasteiger partial charge in [-0.05, 0) is 19.1 Å². The number of fused-ring (bicyclic) bond motifs is 1. The van der Waals surface area contributed by atoms with Crippen LogP contribution in [0.1, 0.15) is 6.92 Å². The van der Waals surface area contributed by atoms with Crippen molar-refractivity contribution in [1.29, 1.82) is 0 Å². The van der Waals surface area contributed by atoms with Gasteiger partial charge in [0, 0.05) is 0 Å². The van der Waals surface area contributed by atoms with Crippen molar-refractivity contribution in [3.8, 4) is 0 Å². The van der Waals surface area contributed by atoms with Gasteiger partial charge < -0.3 is 4.90 Å². The van der Waals surface area contributed by atoms with E-state index in [0.717, 1.165) is 16.7 Å². The molecule has 0 radical (unpaired) electrons. The molecular weight excluding hydrogens is 229 g/mol. The standard InChI is InChI=1S/C11H11ClFN3/c1-11(13)5-16(6-11)10-9-7(12)3-2-4-8(9)14-15-10/h2-4H,5-6H2,1H3,(H,14,15). The van der Waals surface area contributed by atoms with Crippen molar-refractivity contribution in [2.75, 3.05) is 18.0 Å². The molecule has 2 aromatic rings. The highest BCUT2D eigenvalue weighted by Crippen LogP contribution is 2.36. The molecule has 0 bridgehead atoms. The number of benzene rings is 1. The molecule has 1 aromatic carbocycles. The van der Waals surface area contributed by atoms with Crippen LogP contribution in [-0.2, 0) is 0 Å². The minimum atomic E-state index is -1.10. The number of hydrogen-bond donors (Lipinski definition) is 1. The molecule has 1 aliphatic heterocycles. The number of nitrogens with zero attached hydrogens (tertiary/aromatic N) is 2. The molecule has 1 saturated heterocycles. The summed E-state index contributed by atoms with van der Waals surface area (Å²) in [6, 6.07) is 5.59. The fourth-order valence-electron chi connectivity index (χ4n) is 2.14. The summed E-state index contributed by atoms with van der Waals surface area (Å²) in [4.78, 5) is 1.89. The summed E-state index contributed by atoms with van der Waals surface area (Å²) >= 11 is 6.12. The second-order valence-corrected chi connectivity index (χ2v) is 4.89. The maximum Gasteiger partial charge on any atom is 0.160 e. The zero-order chi connectivity index (χ0) is 11.3. The number of anilines is 1. The van der Waals surface area contributed by atoms with E-state index in [2.05, 4.69) is 10.2 Å². The lowest BCUT2D eigenvalue weighted by molar-refractivity contribution is 0.144. The molecule has 0 spiro atoms. The summed E-state index contributed by atoms with van der Waals surface area (Å²) < 4.78 is 13.4. The van der Waals surface area contributed by atoms with Crippen molar-refractivity contribution in [3.05, 3.63) is 23.2 Å². The molecule has 1 N–H and O–H groups in total. The fraction of sp³-hybridized carbons (Fsp3) is 0.364. The molecule has 1 aromatic heterocycles. The highest BCUT2D eigenvalue weighted by molar-refractivity contribution is 6.36. The summed E-state index contributed by atoms with van der Waals surface area (Å²) in [5.74, 6) is 0.746. The SMILES string of the molecule is CC1(F)CN(c2n[nH]c3cccc(Cl)c23)C1. The Morgan fingerprint density at radius 1 is 1.50 bits per heavy atom. The van der Waals surface area contributed by atoms with Crippen LogP contribution in [0.4, 0.5) is 10.2 Å². The minimum absolute atomic E-state index is 0.373. The number of rotatable bonds is 1. The second-order valence-electron chi connectivity index (χ2n) is 4.48. The van der Waals surface area contributed by atoms with Gasteiger partial charge in [0.1, 0.15) is 5.67 Å². The van der Waals surface area contributed by atoms with Crippen molar-refractivity contribution in [2.24, 2.45) is 0 Å².